The van der Waals surface area contributed by atoms with Crippen LogP contribution in [0.2, 0.25) is 10.2 Å². The van der Waals surface area contributed by atoms with E-state index in [1.807, 2.05) is 16.5 Å². The Kier molecular flexibility index (Phi) is 4.90. The molecule has 0 saturated carbocycles. The van der Waals surface area contributed by atoms with E-state index in [0.717, 1.165) is 25.5 Å². The first kappa shape index (κ1) is 16.3. The van der Waals surface area contributed by atoms with Gasteiger partial charge in [0, 0.05) is 43.8 Å². The maximum atomic E-state index is 12.5. The van der Waals surface area contributed by atoms with Gasteiger partial charge in [0.15, 0.2) is 0 Å². The molecule has 2 aromatic rings. The second-order valence-electron chi connectivity index (χ2n) is 5.63. The van der Waals surface area contributed by atoms with Gasteiger partial charge in [-0.05, 0) is 24.3 Å². The molecule has 7 heteroatoms. The highest BCUT2D eigenvalue weighted by molar-refractivity contribution is 6.30. The molecule has 0 aliphatic carbocycles. The third-order valence-electron chi connectivity index (χ3n) is 4.14. The molecule has 0 N–H and O–H groups in total. The summed E-state index contributed by atoms with van der Waals surface area (Å²) < 4.78 is 1.88. The topological polar surface area (TPSA) is 41.4 Å². The second kappa shape index (κ2) is 6.91. The SMILES string of the molecule is Cn1c(Cl)cnc1CN1CCN(C(=O)c2ccc(Cl)cc2)CC1. The van der Waals surface area contributed by atoms with Crippen molar-refractivity contribution in [1.29, 1.82) is 0 Å². The highest BCUT2D eigenvalue weighted by Gasteiger charge is 2.23. The summed E-state index contributed by atoms with van der Waals surface area (Å²) in [6.07, 6.45) is 1.66. The van der Waals surface area contributed by atoms with Crippen LogP contribution < -0.4 is 0 Å². The number of hydrogen-bond acceptors (Lipinski definition) is 3. The summed E-state index contributed by atoms with van der Waals surface area (Å²) in [5.74, 6) is 0.994. The van der Waals surface area contributed by atoms with E-state index >= 15 is 0 Å². The smallest absolute Gasteiger partial charge is 0.253 e. The predicted octanol–water partition coefficient (Wildman–Crippen LogP) is 2.68. The van der Waals surface area contributed by atoms with Gasteiger partial charge in [0.05, 0.1) is 12.7 Å². The number of piperazine rings is 1. The molecule has 1 amide bonds. The number of nitrogens with zero attached hydrogens (tertiary/aromatic N) is 4. The number of carbonyl (C=O) groups is 1. The van der Waals surface area contributed by atoms with Crippen LogP contribution in [0.3, 0.4) is 0 Å². The van der Waals surface area contributed by atoms with Crippen LogP contribution in [0.15, 0.2) is 30.5 Å². The first-order chi connectivity index (χ1) is 11.0. The molecule has 1 aliphatic heterocycles. The van der Waals surface area contributed by atoms with Gasteiger partial charge in [0.2, 0.25) is 0 Å². The quantitative estimate of drug-likeness (QED) is 0.852. The second-order valence-corrected chi connectivity index (χ2v) is 6.46. The Hall–Kier alpha value is -1.56. The molecule has 1 aromatic heterocycles. The zero-order valence-corrected chi connectivity index (χ0v) is 14.4. The molecule has 0 unspecified atom stereocenters. The van der Waals surface area contributed by atoms with Crippen molar-refractivity contribution in [1.82, 2.24) is 19.4 Å². The van der Waals surface area contributed by atoms with E-state index in [1.165, 1.54) is 0 Å². The molecule has 1 aromatic carbocycles. The Labute approximate surface area is 145 Å². The number of aromatic nitrogens is 2. The normalized spacial score (nSPS) is 15.9. The summed E-state index contributed by atoms with van der Waals surface area (Å²) >= 11 is 11.9. The van der Waals surface area contributed by atoms with Crippen molar-refractivity contribution in [2.24, 2.45) is 7.05 Å². The molecule has 1 aliphatic rings. The number of hydrogen-bond donors (Lipinski definition) is 0. The Balaban J connectivity index is 1.57. The van der Waals surface area contributed by atoms with Crippen molar-refractivity contribution in [3.63, 3.8) is 0 Å². The van der Waals surface area contributed by atoms with Gasteiger partial charge < -0.3 is 9.47 Å². The van der Waals surface area contributed by atoms with Crippen molar-refractivity contribution < 1.29 is 4.79 Å². The minimum absolute atomic E-state index is 0.0568. The lowest BCUT2D eigenvalue weighted by atomic mass is 10.2. The zero-order valence-electron chi connectivity index (χ0n) is 12.9. The van der Waals surface area contributed by atoms with Gasteiger partial charge >= 0.3 is 0 Å². The molecule has 2 heterocycles. The lowest BCUT2D eigenvalue weighted by molar-refractivity contribution is 0.0624. The first-order valence-electron chi connectivity index (χ1n) is 7.48. The Morgan fingerprint density at radius 2 is 1.78 bits per heavy atom. The fourth-order valence-electron chi connectivity index (χ4n) is 2.66. The Morgan fingerprint density at radius 1 is 1.13 bits per heavy atom. The third-order valence-corrected chi connectivity index (χ3v) is 4.75. The van der Waals surface area contributed by atoms with Crippen LogP contribution in [0.1, 0.15) is 16.2 Å². The molecule has 0 bridgehead atoms. The number of benzene rings is 1. The van der Waals surface area contributed by atoms with E-state index in [1.54, 1.807) is 30.5 Å². The van der Waals surface area contributed by atoms with Gasteiger partial charge in [0.25, 0.3) is 5.91 Å². The van der Waals surface area contributed by atoms with Crippen LogP contribution in [-0.2, 0) is 13.6 Å². The standard InChI is InChI=1S/C16H18Cl2N4O/c1-20-14(18)10-19-15(20)11-21-6-8-22(9-7-21)16(23)12-2-4-13(17)5-3-12/h2-5,10H,6-9,11H2,1H3. The fraction of sp³-hybridized carbons (Fsp3) is 0.375. The Morgan fingerprint density at radius 3 is 2.35 bits per heavy atom. The number of amides is 1. The van der Waals surface area contributed by atoms with Crippen LogP contribution in [0.5, 0.6) is 0 Å². The van der Waals surface area contributed by atoms with Crippen LogP contribution in [0, 0.1) is 0 Å². The summed E-state index contributed by atoms with van der Waals surface area (Å²) in [7, 11) is 1.91. The third kappa shape index (κ3) is 3.68. The number of rotatable bonds is 3. The van der Waals surface area contributed by atoms with Crippen LogP contribution in [-0.4, -0.2) is 51.4 Å². The van der Waals surface area contributed by atoms with Gasteiger partial charge in [-0.1, -0.05) is 23.2 Å². The monoisotopic (exact) mass is 352 g/mol. The lowest BCUT2D eigenvalue weighted by Crippen LogP contribution is -2.48. The van der Waals surface area contributed by atoms with Gasteiger partial charge in [-0.25, -0.2) is 4.98 Å². The molecular formula is C16H18Cl2N4O. The van der Waals surface area contributed by atoms with E-state index < -0.39 is 0 Å². The van der Waals surface area contributed by atoms with Gasteiger partial charge in [-0.15, -0.1) is 0 Å². The van der Waals surface area contributed by atoms with Gasteiger partial charge in [-0.2, -0.15) is 0 Å². The van der Waals surface area contributed by atoms with Crippen LogP contribution >= 0.6 is 23.2 Å². The maximum Gasteiger partial charge on any atom is 0.253 e. The summed E-state index contributed by atoms with van der Waals surface area (Å²) in [6, 6.07) is 7.03. The van der Waals surface area contributed by atoms with Gasteiger partial charge in [0.1, 0.15) is 11.0 Å². The molecule has 0 radical (unpaired) electrons. The van der Waals surface area contributed by atoms with Gasteiger partial charge in [-0.3, -0.25) is 9.69 Å². The lowest BCUT2D eigenvalue weighted by Gasteiger charge is -2.34. The van der Waals surface area contributed by atoms with Crippen LogP contribution in [0.4, 0.5) is 0 Å². The molecule has 0 atom stereocenters. The molecular weight excluding hydrogens is 335 g/mol. The molecule has 1 fully saturated rings. The zero-order chi connectivity index (χ0) is 16.4. The van der Waals surface area contributed by atoms with E-state index in [9.17, 15) is 4.79 Å². The molecule has 23 heavy (non-hydrogen) atoms. The average Bonchev–Trinajstić information content (AvgIpc) is 2.88. The van der Waals surface area contributed by atoms with E-state index in [2.05, 4.69) is 9.88 Å². The molecule has 1 saturated heterocycles. The van der Waals surface area contributed by atoms with Crippen molar-refractivity contribution in [3.8, 4) is 0 Å². The van der Waals surface area contributed by atoms with Crippen molar-refractivity contribution in [2.45, 2.75) is 6.54 Å². The van der Waals surface area contributed by atoms with Crippen molar-refractivity contribution in [3.05, 3.63) is 52.0 Å². The Bertz CT molecular complexity index is 691. The van der Waals surface area contributed by atoms with E-state index in [4.69, 9.17) is 23.2 Å². The van der Waals surface area contributed by atoms with Crippen LogP contribution in [0.25, 0.3) is 0 Å². The predicted molar refractivity (Wildman–Crippen MR) is 90.9 cm³/mol. The van der Waals surface area contributed by atoms with E-state index in [-0.39, 0.29) is 5.91 Å². The largest absolute Gasteiger partial charge is 0.336 e. The minimum atomic E-state index is 0.0568. The minimum Gasteiger partial charge on any atom is -0.336 e. The maximum absolute atomic E-state index is 12.5. The summed E-state index contributed by atoms with van der Waals surface area (Å²) in [6.45, 7) is 3.80. The highest BCUT2D eigenvalue weighted by atomic mass is 35.5. The molecule has 0 spiro atoms. The van der Waals surface area contributed by atoms with Crippen molar-refractivity contribution >= 4 is 29.1 Å². The van der Waals surface area contributed by atoms with Crippen molar-refractivity contribution in [2.75, 3.05) is 26.2 Å². The first-order valence-corrected chi connectivity index (χ1v) is 8.23. The number of imidazole rings is 1. The summed E-state index contributed by atoms with van der Waals surface area (Å²) in [5.41, 5.74) is 0.679. The fourth-order valence-corrected chi connectivity index (χ4v) is 2.93. The summed E-state index contributed by atoms with van der Waals surface area (Å²) in [5, 5.41) is 1.27. The average molecular weight is 353 g/mol. The highest BCUT2D eigenvalue weighted by Crippen LogP contribution is 2.15. The molecule has 3 rings (SSSR count). The number of halogens is 2. The molecule has 5 nitrogen and oxygen atoms in total. The van der Waals surface area contributed by atoms with E-state index in [0.29, 0.717) is 28.8 Å². The molecule has 122 valence electrons. The number of carbonyl (C=O) groups excluding carboxylic acids is 1. The summed E-state index contributed by atoms with van der Waals surface area (Å²) in [4.78, 5) is 20.9.